The lowest BCUT2D eigenvalue weighted by Gasteiger charge is -2.24. The topological polar surface area (TPSA) is 8.81 Å². The number of benzene rings is 2. The highest BCUT2D eigenvalue weighted by Gasteiger charge is 2.10. The first kappa shape index (κ1) is 14.6. The Morgan fingerprint density at radius 3 is 1.95 bits per heavy atom. The minimum Gasteiger partial charge on any atom is -0.280 e. The van der Waals surface area contributed by atoms with Crippen LogP contribution in [0.4, 0.5) is 0 Å². The van der Waals surface area contributed by atoms with Gasteiger partial charge in [-0.25, -0.2) is 6.32 Å². The van der Waals surface area contributed by atoms with Crippen LogP contribution < -0.4 is 10.3 Å². The first-order valence-electron chi connectivity index (χ1n) is 7.70. The Labute approximate surface area is 133 Å². The zero-order valence-electron chi connectivity index (χ0n) is 13.2. The van der Waals surface area contributed by atoms with E-state index in [1.54, 1.807) is 0 Å². The summed E-state index contributed by atoms with van der Waals surface area (Å²) in [7, 11) is 6.50. The third-order valence-electron chi connectivity index (χ3n) is 4.18. The monoisotopic (exact) mass is 288 g/mol. The third kappa shape index (κ3) is 3.14. The zero-order valence-corrected chi connectivity index (χ0v) is 13.2. The molecule has 1 heterocycles. The van der Waals surface area contributed by atoms with Gasteiger partial charge in [0.25, 0.3) is 0 Å². The summed E-state index contributed by atoms with van der Waals surface area (Å²) < 4.78 is 4.32. The average Bonchev–Trinajstić information content (AvgIpc) is 2.89. The van der Waals surface area contributed by atoms with Gasteiger partial charge in [-0.2, -0.15) is 7.28 Å². The zero-order chi connectivity index (χ0) is 15.4. The fourth-order valence-corrected chi connectivity index (χ4v) is 2.95. The maximum Gasteiger partial charge on any atom is 0.125 e. The molecule has 3 heteroatoms. The van der Waals surface area contributed by atoms with Crippen LogP contribution >= 0.6 is 0 Å². The van der Waals surface area contributed by atoms with E-state index in [1.165, 1.54) is 16.9 Å². The van der Waals surface area contributed by atoms with E-state index in [9.17, 15) is 0 Å². The van der Waals surface area contributed by atoms with E-state index in [2.05, 4.69) is 104 Å². The number of rotatable bonds is 5. The smallest absolute Gasteiger partial charge is 0.125 e. The van der Waals surface area contributed by atoms with Gasteiger partial charge < -0.3 is 0 Å². The van der Waals surface area contributed by atoms with Gasteiger partial charge in [0.15, 0.2) is 0 Å². The van der Waals surface area contributed by atoms with Crippen molar-refractivity contribution in [1.29, 1.82) is 0 Å². The summed E-state index contributed by atoms with van der Waals surface area (Å²) in [6.07, 6.45) is 5.16. The maximum atomic E-state index is 2.32. The normalized spacial score (nSPS) is 11.0. The van der Waals surface area contributed by atoms with Gasteiger partial charge in [-0.1, -0.05) is 60.7 Å². The van der Waals surface area contributed by atoms with Gasteiger partial charge in [0.2, 0.25) is 0 Å². The molecule has 0 fully saturated rings. The molecule has 0 bridgehead atoms. The average molecular weight is 288 g/mol. The SMILES string of the molecule is Cn1cc[n+](C)c1[B-]CC(c1ccccc1)c1ccccc1. The number of nitrogens with zero attached hydrogens (tertiary/aromatic N) is 2. The van der Waals surface area contributed by atoms with E-state index in [-0.39, 0.29) is 0 Å². The molecule has 22 heavy (non-hydrogen) atoms. The van der Waals surface area contributed by atoms with Crippen molar-refractivity contribution in [3.63, 3.8) is 0 Å². The van der Waals surface area contributed by atoms with E-state index in [0.717, 1.165) is 6.32 Å². The first-order chi connectivity index (χ1) is 10.8. The van der Waals surface area contributed by atoms with Gasteiger partial charge in [-0.05, 0) is 17.0 Å². The molecule has 3 aromatic rings. The van der Waals surface area contributed by atoms with E-state index in [4.69, 9.17) is 0 Å². The first-order valence-corrected chi connectivity index (χ1v) is 7.70. The lowest BCUT2D eigenvalue weighted by atomic mass is 9.65. The summed E-state index contributed by atoms with van der Waals surface area (Å²) in [4.78, 5) is 0. The number of aryl methyl sites for hydroxylation is 2. The van der Waals surface area contributed by atoms with Crippen molar-refractivity contribution in [2.45, 2.75) is 12.2 Å². The van der Waals surface area contributed by atoms with Crippen LogP contribution in [0.2, 0.25) is 6.32 Å². The molecule has 0 aliphatic carbocycles. The van der Waals surface area contributed by atoms with Crippen molar-refractivity contribution in [1.82, 2.24) is 4.57 Å². The molecule has 0 amide bonds. The van der Waals surface area contributed by atoms with Crippen molar-refractivity contribution < 1.29 is 4.57 Å². The van der Waals surface area contributed by atoms with Crippen molar-refractivity contribution in [2.24, 2.45) is 14.1 Å². The van der Waals surface area contributed by atoms with Crippen LogP contribution in [0.5, 0.6) is 0 Å². The Kier molecular flexibility index (Phi) is 4.43. The standard InChI is InChI=1S/C19H21BN2/c1-21-13-14-22(2)19(21)20-15-18(16-9-5-3-6-10-16)17-11-7-4-8-12-17/h3-14,18H,15H2,1-2H3. The molecule has 0 spiro atoms. The van der Waals surface area contributed by atoms with Gasteiger partial charge in [0, 0.05) is 5.72 Å². The molecule has 0 aliphatic rings. The highest BCUT2D eigenvalue weighted by atomic mass is 15.1. The number of aromatic nitrogens is 2. The molecular formula is C19H21BN2. The second kappa shape index (κ2) is 6.65. The molecule has 0 aliphatic heterocycles. The van der Waals surface area contributed by atoms with Gasteiger partial charge in [0.05, 0.1) is 14.1 Å². The van der Waals surface area contributed by atoms with E-state index >= 15 is 0 Å². The summed E-state index contributed by atoms with van der Waals surface area (Å²) in [5, 5.41) is 0. The quantitative estimate of drug-likeness (QED) is 0.503. The van der Waals surface area contributed by atoms with Gasteiger partial charge in [0.1, 0.15) is 12.4 Å². The Balaban J connectivity index is 1.87. The number of imidazole rings is 1. The van der Waals surface area contributed by atoms with Crippen molar-refractivity contribution >= 4 is 13.0 Å². The van der Waals surface area contributed by atoms with Crippen molar-refractivity contribution in [2.75, 3.05) is 0 Å². The van der Waals surface area contributed by atoms with Crippen molar-refractivity contribution in [3.8, 4) is 0 Å². The van der Waals surface area contributed by atoms with E-state index in [0.29, 0.717) is 5.92 Å². The molecule has 110 valence electrons. The van der Waals surface area contributed by atoms with Crippen LogP contribution in [0.15, 0.2) is 73.1 Å². The Morgan fingerprint density at radius 2 is 1.50 bits per heavy atom. The summed E-state index contributed by atoms with van der Waals surface area (Å²) in [6, 6.07) is 21.5. The number of hydrogen-bond donors (Lipinski definition) is 0. The second-order valence-corrected chi connectivity index (χ2v) is 5.69. The molecule has 0 saturated carbocycles. The third-order valence-corrected chi connectivity index (χ3v) is 4.18. The molecule has 0 saturated heterocycles. The summed E-state index contributed by atoms with van der Waals surface area (Å²) in [5.41, 5.74) is 3.96. The van der Waals surface area contributed by atoms with Crippen LogP contribution in [0.25, 0.3) is 0 Å². The van der Waals surface area contributed by atoms with E-state index in [1.807, 2.05) is 0 Å². The Morgan fingerprint density at radius 1 is 0.955 bits per heavy atom. The van der Waals surface area contributed by atoms with Crippen LogP contribution in [0.1, 0.15) is 17.0 Å². The van der Waals surface area contributed by atoms with Crippen LogP contribution in [-0.2, 0) is 14.1 Å². The Hall–Kier alpha value is -2.29. The predicted octanol–water partition coefficient (Wildman–Crippen LogP) is 2.43. The lowest BCUT2D eigenvalue weighted by Crippen LogP contribution is -2.49. The molecule has 0 unspecified atom stereocenters. The second-order valence-electron chi connectivity index (χ2n) is 5.69. The lowest BCUT2D eigenvalue weighted by molar-refractivity contribution is -0.653. The minimum absolute atomic E-state index is 0.386. The molecule has 2 radical (unpaired) electrons. The Bertz CT molecular complexity index is 661. The highest BCUT2D eigenvalue weighted by molar-refractivity contribution is 6.50. The molecule has 2 nitrogen and oxygen atoms in total. The number of hydrogen-bond acceptors (Lipinski definition) is 0. The maximum absolute atomic E-state index is 2.32. The summed E-state index contributed by atoms with van der Waals surface area (Å²) >= 11 is 0. The fraction of sp³-hybridized carbons (Fsp3) is 0.211. The molecule has 0 atom stereocenters. The fourth-order valence-electron chi connectivity index (χ4n) is 2.95. The van der Waals surface area contributed by atoms with Crippen LogP contribution in [-0.4, -0.2) is 11.8 Å². The largest absolute Gasteiger partial charge is 0.280 e. The summed E-state index contributed by atoms with van der Waals surface area (Å²) in [6.45, 7) is 0. The van der Waals surface area contributed by atoms with Crippen LogP contribution in [0, 0.1) is 0 Å². The van der Waals surface area contributed by atoms with Gasteiger partial charge in [-0.15, -0.1) is 0 Å². The van der Waals surface area contributed by atoms with E-state index < -0.39 is 0 Å². The molecule has 0 N–H and O–H groups in total. The van der Waals surface area contributed by atoms with Gasteiger partial charge in [-0.3, -0.25) is 9.13 Å². The van der Waals surface area contributed by atoms with Crippen molar-refractivity contribution in [3.05, 3.63) is 84.2 Å². The minimum atomic E-state index is 0.386. The molecule has 1 aromatic heterocycles. The predicted molar refractivity (Wildman–Crippen MR) is 91.5 cm³/mol. The molecular weight excluding hydrogens is 267 g/mol. The van der Waals surface area contributed by atoms with Gasteiger partial charge >= 0.3 is 0 Å². The molecule has 2 aromatic carbocycles. The van der Waals surface area contributed by atoms with Crippen LogP contribution in [0.3, 0.4) is 0 Å². The highest BCUT2D eigenvalue weighted by Crippen LogP contribution is 2.27. The summed E-state index contributed by atoms with van der Waals surface area (Å²) in [5.74, 6) is 0.386. The molecule has 3 rings (SSSR count).